The average molecular weight is 183 g/mol. The fraction of sp³-hybridized carbons (Fsp3) is 1.00. The molecule has 1 N–H and O–H groups in total. The van der Waals surface area contributed by atoms with E-state index in [1.54, 1.807) is 0 Å². The summed E-state index contributed by atoms with van der Waals surface area (Å²) in [4.78, 5) is 0. The third-order valence-corrected chi connectivity index (χ3v) is 3.83. The van der Waals surface area contributed by atoms with Crippen molar-refractivity contribution >= 4 is 0 Å². The summed E-state index contributed by atoms with van der Waals surface area (Å²) in [6.07, 6.45) is 5.32. The van der Waals surface area contributed by atoms with Gasteiger partial charge in [0.05, 0.1) is 6.61 Å². The van der Waals surface area contributed by atoms with Crippen molar-refractivity contribution in [2.24, 2.45) is 11.3 Å². The maximum atomic E-state index is 5.59. The SMILES string of the molecule is CCCC1CNCCC12CCOC2. The molecule has 0 amide bonds. The highest BCUT2D eigenvalue weighted by atomic mass is 16.5. The minimum Gasteiger partial charge on any atom is -0.381 e. The molecule has 0 bridgehead atoms. The number of nitrogens with one attached hydrogen (secondary N) is 1. The van der Waals surface area contributed by atoms with Gasteiger partial charge < -0.3 is 10.1 Å². The third kappa shape index (κ3) is 1.75. The Morgan fingerprint density at radius 2 is 2.38 bits per heavy atom. The molecule has 0 aromatic carbocycles. The summed E-state index contributed by atoms with van der Waals surface area (Å²) < 4.78 is 5.59. The summed E-state index contributed by atoms with van der Waals surface area (Å²) in [7, 11) is 0. The Morgan fingerprint density at radius 3 is 3.08 bits per heavy atom. The number of ether oxygens (including phenoxy) is 1. The Morgan fingerprint density at radius 1 is 1.46 bits per heavy atom. The Hall–Kier alpha value is -0.0800. The second kappa shape index (κ2) is 3.97. The average Bonchev–Trinajstić information content (AvgIpc) is 2.59. The van der Waals surface area contributed by atoms with E-state index in [9.17, 15) is 0 Å². The molecule has 2 fully saturated rings. The molecule has 0 aromatic heterocycles. The molecule has 2 heterocycles. The van der Waals surface area contributed by atoms with E-state index < -0.39 is 0 Å². The first kappa shape index (κ1) is 9.47. The van der Waals surface area contributed by atoms with E-state index >= 15 is 0 Å². The summed E-state index contributed by atoms with van der Waals surface area (Å²) in [5.74, 6) is 0.869. The third-order valence-electron chi connectivity index (χ3n) is 3.83. The zero-order valence-corrected chi connectivity index (χ0v) is 8.64. The van der Waals surface area contributed by atoms with Gasteiger partial charge in [-0.3, -0.25) is 0 Å². The van der Waals surface area contributed by atoms with Crippen LogP contribution in [0.1, 0.15) is 32.6 Å². The van der Waals surface area contributed by atoms with Gasteiger partial charge in [0.15, 0.2) is 0 Å². The Kier molecular flexibility index (Phi) is 2.89. The van der Waals surface area contributed by atoms with Gasteiger partial charge in [-0.15, -0.1) is 0 Å². The lowest BCUT2D eigenvalue weighted by molar-refractivity contribution is 0.0716. The number of hydrogen-bond donors (Lipinski definition) is 1. The zero-order valence-electron chi connectivity index (χ0n) is 8.64. The normalized spacial score (nSPS) is 39.9. The number of piperidine rings is 1. The van der Waals surface area contributed by atoms with Crippen molar-refractivity contribution in [3.8, 4) is 0 Å². The molecule has 2 saturated heterocycles. The van der Waals surface area contributed by atoms with Crippen LogP contribution in [0.3, 0.4) is 0 Å². The van der Waals surface area contributed by atoms with Crippen LogP contribution in [-0.4, -0.2) is 26.3 Å². The van der Waals surface area contributed by atoms with E-state index in [0.29, 0.717) is 5.41 Å². The van der Waals surface area contributed by atoms with E-state index in [2.05, 4.69) is 12.2 Å². The fourth-order valence-corrected chi connectivity index (χ4v) is 2.93. The van der Waals surface area contributed by atoms with Crippen molar-refractivity contribution in [3.05, 3.63) is 0 Å². The lowest BCUT2D eigenvalue weighted by atomic mass is 9.68. The lowest BCUT2D eigenvalue weighted by Crippen LogP contribution is -2.45. The van der Waals surface area contributed by atoms with Crippen molar-refractivity contribution < 1.29 is 4.74 Å². The fourth-order valence-electron chi connectivity index (χ4n) is 2.93. The topological polar surface area (TPSA) is 21.3 Å². The molecule has 2 nitrogen and oxygen atoms in total. The largest absolute Gasteiger partial charge is 0.381 e. The first-order chi connectivity index (χ1) is 6.37. The second-order valence-corrected chi connectivity index (χ2v) is 4.60. The second-order valence-electron chi connectivity index (χ2n) is 4.60. The molecule has 2 aliphatic heterocycles. The molecule has 2 unspecified atom stereocenters. The van der Waals surface area contributed by atoms with Crippen LogP contribution in [0.4, 0.5) is 0 Å². The van der Waals surface area contributed by atoms with Crippen molar-refractivity contribution in [1.29, 1.82) is 0 Å². The van der Waals surface area contributed by atoms with Gasteiger partial charge >= 0.3 is 0 Å². The van der Waals surface area contributed by atoms with Crippen LogP contribution < -0.4 is 5.32 Å². The van der Waals surface area contributed by atoms with Gasteiger partial charge in [-0.1, -0.05) is 13.3 Å². The molecule has 0 aromatic rings. The summed E-state index contributed by atoms with van der Waals surface area (Å²) in [5, 5.41) is 3.52. The van der Waals surface area contributed by atoms with Crippen LogP contribution in [-0.2, 0) is 4.74 Å². The molecular weight excluding hydrogens is 162 g/mol. The van der Waals surface area contributed by atoms with Gasteiger partial charge in [0.2, 0.25) is 0 Å². The maximum Gasteiger partial charge on any atom is 0.0526 e. The molecule has 2 atom stereocenters. The highest BCUT2D eigenvalue weighted by Crippen LogP contribution is 2.43. The summed E-state index contributed by atoms with van der Waals surface area (Å²) >= 11 is 0. The van der Waals surface area contributed by atoms with Crippen LogP contribution in [0.25, 0.3) is 0 Å². The number of rotatable bonds is 2. The number of hydrogen-bond acceptors (Lipinski definition) is 2. The van der Waals surface area contributed by atoms with Crippen molar-refractivity contribution in [1.82, 2.24) is 5.32 Å². The zero-order chi connectivity index (χ0) is 9.15. The van der Waals surface area contributed by atoms with Crippen molar-refractivity contribution in [2.75, 3.05) is 26.3 Å². The highest BCUT2D eigenvalue weighted by Gasteiger charge is 2.42. The van der Waals surface area contributed by atoms with Crippen LogP contribution >= 0.6 is 0 Å². The Balaban J connectivity index is 2.03. The minimum atomic E-state index is 0.557. The first-order valence-corrected chi connectivity index (χ1v) is 5.66. The van der Waals surface area contributed by atoms with E-state index in [0.717, 1.165) is 19.1 Å². The predicted octanol–water partition coefficient (Wildman–Crippen LogP) is 1.80. The molecule has 76 valence electrons. The van der Waals surface area contributed by atoms with E-state index in [1.165, 1.54) is 38.8 Å². The molecule has 1 spiro atoms. The molecule has 2 rings (SSSR count). The van der Waals surface area contributed by atoms with Gasteiger partial charge in [0.1, 0.15) is 0 Å². The molecule has 2 heteroatoms. The highest BCUT2D eigenvalue weighted by molar-refractivity contribution is 4.93. The maximum absolute atomic E-state index is 5.59. The molecule has 0 saturated carbocycles. The lowest BCUT2D eigenvalue weighted by Gasteiger charge is -2.40. The predicted molar refractivity (Wildman–Crippen MR) is 53.8 cm³/mol. The smallest absolute Gasteiger partial charge is 0.0526 e. The minimum absolute atomic E-state index is 0.557. The van der Waals surface area contributed by atoms with Crippen LogP contribution in [0.15, 0.2) is 0 Å². The van der Waals surface area contributed by atoms with Gasteiger partial charge in [0, 0.05) is 12.0 Å². The van der Waals surface area contributed by atoms with Crippen LogP contribution in [0.5, 0.6) is 0 Å². The van der Waals surface area contributed by atoms with E-state index in [1.807, 2.05) is 0 Å². The summed E-state index contributed by atoms with van der Waals surface area (Å²) in [6, 6.07) is 0. The first-order valence-electron chi connectivity index (χ1n) is 5.66. The van der Waals surface area contributed by atoms with Crippen molar-refractivity contribution in [3.63, 3.8) is 0 Å². The molecular formula is C11H21NO. The van der Waals surface area contributed by atoms with Gasteiger partial charge in [-0.2, -0.15) is 0 Å². The van der Waals surface area contributed by atoms with E-state index in [4.69, 9.17) is 4.74 Å². The summed E-state index contributed by atoms with van der Waals surface area (Å²) in [5.41, 5.74) is 0.557. The standard InChI is InChI=1S/C11H21NO/c1-2-3-10-8-12-6-4-11(10)5-7-13-9-11/h10,12H,2-9H2,1H3. The van der Waals surface area contributed by atoms with Crippen LogP contribution in [0.2, 0.25) is 0 Å². The van der Waals surface area contributed by atoms with Gasteiger partial charge in [-0.05, 0) is 38.3 Å². The molecule has 13 heavy (non-hydrogen) atoms. The molecule has 0 radical (unpaired) electrons. The molecule has 0 aliphatic carbocycles. The Labute approximate surface area is 81.0 Å². The van der Waals surface area contributed by atoms with E-state index in [-0.39, 0.29) is 0 Å². The van der Waals surface area contributed by atoms with Gasteiger partial charge in [-0.25, -0.2) is 0 Å². The monoisotopic (exact) mass is 183 g/mol. The van der Waals surface area contributed by atoms with Gasteiger partial charge in [0.25, 0.3) is 0 Å². The Bertz CT molecular complexity index is 161. The van der Waals surface area contributed by atoms with Crippen LogP contribution in [0, 0.1) is 11.3 Å². The quantitative estimate of drug-likeness (QED) is 0.705. The van der Waals surface area contributed by atoms with Crippen molar-refractivity contribution in [2.45, 2.75) is 32.6 Å². The summed E-state index contributed by atoms with van der Waals surface area (Å²) in [6.45, 7) is 6.73. The molecule has 2 aliphatic rings.